The van der Waals surface area contributed by atoms with Crippen LogP contribution in [0, 0.1) is 24.2 Å². The summed E-state index contributed by atoms with van der Waals surface area (Å²) in [7, 11) is 0. The first-order valence-corrected chi connectivity index (χ1v) is 16.2. The quantitative estimate of drug-likeness (QED) is 0.162. The maximum absolute atomic E-state index is 7.23. The number of benzene rings is 4. The molecule has 235 valence electrons. The minimum absolute atomic E-state index is 0. The van der Waals surface area contributed by atoms with Crippen molar-refractivity contribution in [2.24, 2.45) is 5.92 Å². The standard InChI is InChI=1S/C29H29N2S.C12H10N.Ir/c1-19(2)16-20-10-15-27-23(17-20)24(18-32-27)28-30-25-8-6-7-9-26(25)31(28)22-13-11-21(12-14-22)29(3,4)5;1-10-7-8-12(13-9-10)11-5-3-2-4-6-11;/h6-15,17,19H,16H2,1-5H3;2-5,7-9H,1H3;/q2*-1;/i;1D3;. The number of nitrogens with zero attached hydrogens (tertiary/aromatic N) is 3. The number of rotatable bonds is 5. The van der Waals surface area contributed by atoms with Gasteiger partial charge in [-0.1, -0.05) is 104 Å². The van der Waals surface area contributed by atoms with Crippen LogP contribution in [-0.4, -0.2) is 14.5 Å². The van der Waals surface area contributed by atoms with E-state index < -0.39 is 6.85 Å². The molecule has 0 aliphatic heterocycles. The van der Waals surface area contributed by atoms with E-state index in [4.69, 9.17) is 9.10 Å². The van der Waals surface area contributed by atoms with Crippen LogP contribution in [0.1, 0.15) is 55.4 Å². The van der Waals surface area contributed by atoms with Crippen LogP contribution in [0.15, 0.2) is 109 Å². The molecule has 1 radical (unpaired) electrons. The van der Waals surface area contributed by atoms with Crippen LogP contribution >= 0.6 is 11.3 Å². The van der Waals surface area contributed by atoms with Crippen molar-refractivity contribution in [1.29, 1.82) is 0 Å². The second-order valence-corrected chi connectivity index (χ2v) is 13.6. The van der Waals surface area contributed by atoms with E-state index in [9.17, 15) is 0 Å². The van der Waals surface area contributed by atoms with Crippen molar-refractivity contribution in [3.05, 3.63) is 137 Å². The second kappa shape index (κ2) is 14.3. The largest absolute Gasteiger partial charge is 0.333 e. The first-order valence-electron chi connectivity index (χ1n) is 16.8. The number of aryl methyl sites for hydroxylation is 1. The van der Waals surface area contributed by atoms with Gasteiger partial charge in [-0.2, -0.15) is 0 Å². The van der Waals surface area contributed by atoms with Crippen LogP contribution < -0.4 is 0 Å². The molecule has 7 rings (SSSR count). The SMILES string of the molecule is CC(C)Cc1ccc2s[c-]c(-c3nc4ccccc4n3-c3ccc(C(C)(C)C)cc3)c2c1.[2H]C([2H])([2H])c1ccc(-c2[c-]cccc2)nc1.[Ir]. The maximum atomic E-state index is 7.23. The second-order valence-electron chi connectivity index (χ2n) is 12.8. The molecular formula is C41H39IrN3S-2. The number of hydrogen-bond donors (Lipinski definition) is 0. The molecule has 0 aliphatic rings. The number of aromatic nitrogens is 3. The van der Waals surface area contributed by atoms with Gasteiger partial charge in [0.05, 0.1) is 16.9 Å². The molecule has 0 atom stereocenters. The van der Waals surface area contributed by atoms with Crippen molar-refractivity contribution in [3.63, 3.8) is 0 Å². The van der Waals surface area contributed by atoms with Crippen LogP contribution in [0.2, 0.25) is 0 Å². The van der Waals surface area contributed by atoms with Crippen LogP contribution in [0.3, 0.4) is 0 Å². The van der Waals surface area contributed by atoms with Gasteiger partial charge in [-0.25, -0.2) is 0 Å². The normalized spacial score (nSPS) is 12.6. The zero-order chi connectivity index (χ0) is 34.1. The molecule has 0 bridgehead atoms. The van der Waals surface area contributed by atoms with Crippen molar-refractivity contribution in [1.82, 2.24) is 14.5 Å². The summed E-state index contributed by atoms with van der Waals surface area (Å²) >= 11 is 1.68. The van der Waals surface area contributed by atoms with Gasteiger partial charge >= 0.3 is 0 Å². The molecule has 4 aromatic carbocycles. The fourth-order valence-electron chi connectivity index (χ4n) is 5.46. The summed E-state index contributed by atoms with van der Waals surface area (Å²) in [6.07, 6.45) is 2.47. The summed E-state index contributed by atoms with van der Waals surface area (Å²) < 4.78 is 25.2. The smallest absolute Gasteiger partial charge is 0.0774 e. The maximum Gasteiger partial charge on any atom is 0.0774 e. The molecule has 0 aliphatic carbocycles. The zero-order valence-electron chi connectivity index (χ0n) is 29.8. The van der Waals surface area contributed by atoms with E-state index >= 15 is 0 Å². The summed E-state index contributed by atoms with van der Waals surface area (Å²) in [5.41, 5.74) is 9.03. The van der Waals surface area contributed by atoms with Gasteiger partial charge in [-0.3, -0.25) is 16.3 Å². The number of pyridine rings is 1. The number of fused-ring (bicyclic) bond motifs is 2. The molecule has 0 N–H and O–H groups in total. The van der Waals surface area contributed by atoms with E-state index in [1.165, 1.54) is 27.4 Å². The summed E-state index contributed by atoms with van der Waals surface area (Å²) in [4.78, 5) is 9.21. The third-order valence-corrected chi connectivity index (χ3v) is 8.63. The minimum atomic E-state index is -2.09. The van der Waals surface area contributed by atoms with Gasteiger partial charge in [0, 0.05) is 36.1 Å². The van der Waals surface area contributed by atoms with Crippen LogP contribution in [0.5, 0.6) is 0 Å². The Hall–Kier alpha value is -3.89. The molecule has 0 spiro atoms. The first kappa shape index (κ1) is 29.5. The molecule has 3 nitrogen and oxygen atoms in total. The Morgan fingerprint density at radius 2 is 1.70 bits per heavy atom. The van der Waals surface area contributed by atoms with E-state index in [-0.39, 0.29) is 31.1 Å². The van der Waals surface area contributed by atoms with E-state index in [1.807, 2.05) is 18.2 Å². The molecule has 5 heteroatoms. The predicted molar refractivity (Wildman–Crippen MR) is 191 cm³/mol. The van der Waals surface area contributed by atoms with Gasteiger partial charge in [0.25, 0.3) is 0 Å². The molecule has 0 unspecified atom stereocenters. The van der Waals surface area contributed by atoms with Gasteiger partial charge in [0.2, 0.25) is 0 Å². The van der Waals surface area contributed by atoms with Gasteiger partial charge in [0.1, 0.15) is 0 Å². The fourth-order valence-corrected chi connectivity index (χ4v) is 6.28. The summed E-state index contributed by atoms with van der Waals surface area (Å²) in [5, 5.41) is 4.82. The Labute approximate surface area is 295 Å². The monoisotopic (exact) mass is 801 g/mol. The average Bonchev–Trinajstić information content (AvgIpc) is 3.66. The van der Waals surface area contributed by atoms with Gasteiger partial charge in [-0.15, -0.1) is 47.3 Å². The Balaban J connectivity index is 0.000000233. The third-order valence-electron chi connectivity index (χ3n) is 7.74. The van der Waals surface area contributed by atoms with Crippen molar-refractivity contribution < 1.29 is 24.2 Å². The predicted octanol–water partition coefficient (Wildman–Crippen LogP) is 11.1. The van der Waals surface area contributed by atoms with Crippen molar-refractivity contribution in [2.75, 3.05) is 0 Å². The summed E-state index contributed by atoms with van der Waals surface area (Å²) in [6, 6.07) is 37.9. The zero-order valence-corrected chi connectivity index (χ0v) is 30.0. The molecule has 0 saturated carbocycles. The molecule has 0 fully saturated rings. The molecule has 7 aromatic rings. The van der Waals surface area contributed by atoms with Crippen LogP contribution in [-0.2, 0) is 31.9 Å². The van der Waals surface area contributed by atoms with E-state index in [0.717, 1.165) is 45.8 Å². The Kier molecular flexibility index (Phi) is 9.15. The average molecular weight is 801 g/mol. The molecule has 3 aromatic heterocycles. The topological polar surface area (TPSA) is 30.7 Å². The third kappa shape index (κ3) is 7.39. The number of thiophene rings is 1. The molecular weight excluding hydrogens is 759 g/mol. The molecule has 0 saturated heterocycles. The minimum Gasteiger partial charge on any atom is -0.333 e. The van der Waals surface area contributed by atoms with Crippen molar-refractivity contribution in [2.45, 2.75) is 53.3 Å². The number of imidazole rings is 1. The van der Waals surface area contributed by atoms with E-state index in [1.54, 1.807) is 29.5 Å². The van der Waals surface area contributed by atoms with Gasteiger partial charge < -0.3 is 9.55 Å². The summed E-state index contributed by atoms with van der Waals surface area (Å²) in [6.45, 7) is 9.20. The molecule has 3 heterocycles. The van der Waals surface area contributed by atoms with Gasteiger partial charge in [0.15, 0.2) is 0 Å². The fraction of sp³-hybridized carbons (Fsp3) is 0.220. The van der Waals surface area contributed by atoms with Gasteiger partial charge in [-0.05, 0) is 65.7 Å². The van der Waals surface area contributed by atoms with E-state index in [0.29, 0.717) is 5.92 Å². The number of hydrogen-bond acceptors (Lipinski definition) is 3. The molecule has 0 amide bonds. The van der Waals surface area contributed by atoms with E-state index in [2.05, 4.69) is 122 Å². The Bertz CT molecular complexity index is 2140. The molecule has 46 heavy (non-hydrogen) atoms. The summed E-state index contributed by atoms with van der Waals surface area (Å²) in [5.74, 6) is 1.59. The Morgan fingerprint density at radius 1 is 0.913 bits per heavy atom. The first-order chi connectivity index (χ1) is 22.9. The Morgan fingerprint density at radius 3 is 2.37 bits per heavy atom. The van der Waals surface area contributed by atoms with Crippen molar-refractivity contribution in [3.8, 4) is 28.3 Å². The van der Waals surface area contributed by atoms with Crippen molar-refractivity contribution >= 4 is 32.5 Å². The van der Waals surface area contributed by atoms with Crippen LogP contribution in [0.25, 0.3) is 49.5 Å². The number of para-hydroxylation sites is 2. The van der Waals surface area contributed by atoms with Crippen LogP contribution in [0.4, 0.5) is 0 Å².